The number of allylic oxidation sites excluding steroid dienone is 3. The Balaban J connectivity index is 1.41. The van der Waals surface area contributed by atoms with E-state index in [1.54, 1.807) is 50.1 Å². The zero-order valence-electron chi connectivity index (χ0n) is 26.4. The number of carbonyl (C=O) groups is 1. The number of piperidine rings is 1. The van der Waals surface area contributed by atoms with Gasteiger partial charge in [0.05, 0.1) is 17.8 Å². The molecule has 4 heterocycles. The van der Waals surface area contributed by atoms with Gasteiger partial charge in [-0.2, -0.15) is 5.10 Å². The molecule has 5 aliphatic rings. The first-order chi connectivity index (χ1) is 20.8. The van der Waals surface area contributed by atoms with E-state index in [-0.39, 0.29) is 30.1 Å². The lowest BCUT2D eigenvalue weighted by molar-refractivity contribution is -0.510. The lowest BCUT2D eigenvalue weighted by Gasteiger charge is -2.37. The van der Waals surface area contributed by atoms with Crippen LogP contribution in [0.2, 0.25) is 0 Å². The van der Waals surface area contributed by atoms with Gasteiger partial charge in [-0.15, -0.1) is 0 Å². The molecule has 238 valence electrons. The minimum Gasteiger partial charge on any atom is -0.342 e. The second-order valence-corrected chi connectivity index (χ2v) is 18.1. The summed E-state index contributed by atoms with van der Waals surface area (Å²) in [7, 11) is 2.03. The normalized spacial score (nSPS) is 30.1. The minimum absolute atomic E-state index is 0.00784. The Kier molecular flexibility index (Phi) is 10.2. The van der Waals surface area contributed by atoms with Crippen molar-refractivity contribution in [3.63, 3.8) is 0 Å². The van der Waals surface area contributed by atoms with Crippen LogP contribution in [0.4, 0.5) is 9.18 Å². The van der Waals surface area contributed by atoms with E-state index in [1.165, 1.54) is 18.4 Å². The number of carbonyl (C=O) groups excluding carboxylic acids is 1. The molecule has 0 aromatic heterocycles. The van der Waals surface area contributed by atoms with Gasteiger partial charge in [0.1, 0.15) is 18.4 Å². The zero-order valence-corrected chi connectivity index (χ0v) is 30.8. The number of alkyl halides is 3. The first-order valence-corrected chi connectivity index (χ1v) is 17.6. The van der Waals surface area contributed by atoms with Crippen LogP contribution in [-0.4, -0.2) is 95.9 Å². The van der Waals surface area contributed by atoms with E-state index in [0.717, 1.165) is 43.1 Å². The Morgan fingerprint density at radius 1 is 1.34 bits per heavy atom. The number of nitrogens with zero attached hydrogens (tertiary/aromatic N) is 6. The average Bonchev–Trinajstić information content (AvgIpc) is 3.44. The number of hydrazone groups is 1. The van der Waals surface area contributed by atoms with Crippen molar-refractivity contribution in [3.05, 3.63) is 65.4 Å². The third kappa shape index (κ3) is 6.90. The van der Waals surface area contributed by atoms with Gasteiger partial charge in [0.15, 0.2) is 18.5 Å². The van der Waals surface area contributed by atoms with E-state index >= 15 is 4.39 Å². The van der Waals surface area contributed by atoms with Crippen LogP contribution in [0.25, 0.3) is 0 Å². The average molecular weight is 829 g/mol. The van der Waals surface area contributed by atoms with Gasteiger partial charge in [-0.05, 0) is 103 Å². The minimum atomic E-state index is -1.70. The van der Waals surface area contributed by atoms with Crippen molar-refractivity contribution < 1.29 is 13.8 Å². The van der Waals surface area contributed by atoms with E-state index in [2.05, 4.69) is 69.9 Å². The summed E-state index contributed by atoms with van der Waals surface area (Å²) in [5.74, 6) is 1.08. The predicted octanol–water partition coefficient (Wildman–Crippen LogP) is 6.20. The lowest BCUT2D eigenvalue weighted by atomic mass is 9.78. The van der Waals surface area contributed by atoms with Crippen molar-refractivity contribution in [2.75, 3.05) is 33.2 Å². The Bertz CT molecular complexity index is 1390. The highest BCUT2D eigenvalue weighted by molar-refractivity contribution is 14.2. The van der Waals surface area contributed by atoms with E-state index in [4.69, 9.17) is 0 Å². The fraction of sp³-hybridized carbons (Fsp3) is 0.576. The summed E-state index contributed by atoms with van der Waals surface area (Å²) in [4.78, 5) is 22.4. The van der Waals surface area contributed by atoms with Gasteiger partial charge in [0.2, 0.25) is 1.68 Å². The molecule has 0 spiro atoms. The molecule has 1 N–H and O–H groups in total. The summed E-state index contributed by atoms with van der Waals surface area (Å²) in [6, 6.07) is -1.01. The van der Waals surface area contributed by atoms with Crippen LogP contribution in [0.1, 0.15) is 47.0 Å². The molecule has 1 aliphatic carbocycles. The summed E-state index contributed by atoms with van der Waals surface area (Å²) in [6.07, 6.45) is 13.1. The number of nitrogens with one attached hydrogen (secondary N) is 1. The van der Waals surface area contributed by atoms with Crippen molar-refractivity contribution in [2.45, 2.75) is 66.9 Å². The van der Waals surface area contributed by atoms with Gasteiger partial charge >= 0.3 is 6.03 Å². The van der Waals surface area contributed by atoms with Crippen LogP contribution in [0.15, 0.2) is 70.5 Å². The van der Waals surface area contributed by atoms with Crippen LogP contribution in [0.5, 0.6) is 0 Å². The zero-order chi connectivity index (χ0) is 31.9. The van der Waals surface area contributed by atoms with Crippen molar-refractivity contribution in [1.29, 1.82) is 0 Å². The molecule has 2 saturated heterocycles. The molecule has 0 bridgehead atoms. The Morgan fingerprint density at radius 2 is 2.07 bits per heavy atom. The van der Waals surface area contributed by atoms with Gasteiger partial charge in [-0.1, -0.05) is 30.9 Å². The second kappa shape index (κ2) is 13.4. The molecule has 8 nitrogen and oxygen atoms in total. The van der Waals surface area contributed by atoms with Crippen LogP contribution in [-0.2, 0) is 0 Å². The SMILES string of the molecule is C=C(C)[N+]1=CC([C@@H](C2=CC=C=C(N3C(=O)N(/C=C(\C)CN4CCCC(C)C4)C(C(=C)C(F)(I)I)C3C)C2)C2NN=CN2C)C1. The number of urea groups is 1. The van der Waals surface area contributed by atoms with Crippen LogP contribution in [0, 0.1) is 17.8 Å². The molecule has 2 amide bonds. The molecule has 2 fully saturated rings. The summed E-state index contributed by atoms with van der Waals surface area (Å²) < 4.78 is 15.9. The standard InChI is InChI=1S/C33H45FI2N7O/c1-21(2)41-18-27(19-41)29(31-38-37-20-39(31)7)26-11-8-12-28(14-26)43-25(6)30(24(5)33(34,35)36)42(32(43)44)17-23(4)16-40-13-9-10-22(3)15-40/h8,11,17-18,20,22,25,27,29-31,38H,1,5,9-10,13-16,19H2,2-4,6-7H3/q+1/b23-17+/t22?,25?,27?,29-,30?,31?/m1/s1. The molecule has 5 unspecified atom stereocenters. The third-order valence-electron chi connectivity index (χ3n) is 9.48. The lowest BCUT2D eigenvalue weighted by Crippen LogP contribution is -2.51. The number of hydrogen-bond donors (Lipinski definition) is 1. The first-order valence-electron chi connectivity index (χ1n) is 15.5. The van der Waals surface area contributed by atoms with E-state index in [0.29, 0.717) is 17.9 Å². The van der Waals surface area contributed by atoms with Gasteiger partial charge in [0, 0.05) is 51.2 Å². The largest absolute Gasteiger partial charge is 0.342 e. The number of rotatable bonds is 10. The van der Waals surface area contributed by atoms with E-state index in [1.807, 2.05) is 44.4 Å². The topological polar surface area (TPSA) is 57.4 Å². The fourth-order valence-corrected chi connectivity index (χ4v) is 7.87. The molecule has 0 saturated carbocycles. The second-order valence-electron chi connectivity index (χ2n) is 13.1. The van der Waals surface area contributed by atoms with Crippen molar-refractivity contribution in [1.82, 2.24) is 25.0 Å². The maximum absolute atomic E-state index is 15.4. The highest BCUT2D eigenvalue weighted by Gasteiger charge is 2.50. The maximum atomic E-state index is 15.4. The molecule has 6 atom stereocenters. The summed E-state index contributed by atoms with van der Waals surface area (Å²) in [5.41, 5.74) is 11.2. The van der Waals surface area contributed by atoms with Crippen LogP contribution in [0.3, 0.4) is 0 Å². The van der Waals surface area contributed by atoms with Gasteiger partial charge < -0.3 is 4.90 Å². The van der Waals surface area contributed by atoms with Crippen molar-refractivity contribution in [3.8, 4) is 0 Å². The fourth-order valence-electron chi connectivity index (χ4n) is 7.23. The molecule has 4 aliphatic heterocycles. The van der Waals surface area contributed by atoms with Crippen LogP contribution < -0.4 is 5.43 Å². The number of halogens is 3. The monoisotopic (exact) mass is 828 g/mol. The van der Waals surface area contributed by atoms with Crippen LogP contribution >= 0.6 is 45.2 Å². The molecular weight excluding hydrogens is 783 g/mol. The quantitative estimate of drug-likeness (QED) is 0.0938. The van der Waals surface area contributed by atoms with E-state index < -0.39 is 7.72 Å². The highest BCUT2D eigenvalue weighted by Crippen LogP contribution is 2.45. The highest BCUT2D eigenvalue weighted by atomic mass is 127. The summed E-state index contributed by atoms with van der Waals surface area (Å²) in [6.45, 7) is 20.4. The predicted molar refractivity (Wildman–Crippen MR) is 192 cm³/mol. The summed E-state index contributed by atoms with van der Waals surface area (Å²) >= 11 is 3.56. The van der Waals surface area contributed by atoms with Crippen molar-refractivity contribution in [2.24, 2.45) is 22.9 Å². The molecule has 0 aromatic carbocycles. The molecule has 5 rings (SSSR count). The molecule has 44 heavy (non-hydrogen) atoms. The maximum Gasteiger partial charge on any atom is 0.329 e. The molecule has 0 radical (unpaired) electrons. The Hall–Kier alpha value is -1.96. The molecule has 0 aromatic rings. The summed E-state index contributed by atoms with van der Waals surface area (Å²) in [5, 5.41) is 4.33. The number of hydrogen-bond acceptors (Lipinski definition) is 5. The smallest absolute Gasteiger partial charge is 0.329 e. The first kappa shape index (κ1) is 33.4. The number of amides is 2. The third-order valence-corrected chi connectivity index (χ3v) is 10.9. The number of likely N-dealkylation sites (tertiary alicyclic amines) is 1. The molecule has 11 heteroatoms. The Labute approximate surface area is 289 Å². The Morgan fingerprint density at radius 3 is 2.68 bits per heavy atom. The van der Waals surface area contributed by atoms with Gasteiger partial charge in [0.25, 0.3) is 0 Å². The van der Waals surface area contributed by atoms with E-state index in [9.17, 15) is 4.79 Å². The van der Waals surface area contributed by atoms with Gasteiger partial charge in [-0.3, -0.25) is 20.1 Å². The van der Waals surface area contributed by atoms with Gasteiger partial charge in [-0.25, -0.2) is 13.8 Å². The van der Waals surface area contributed by atoms with Crippen molar-refractivity contribution >= 4 is 63.8 Å². The molecular formula is C33H45FI2N7O+.